The molecular formula is C32H42F3N5O9S. The van der Waals surface area contributed by atoms with Crippen LogP contribution < -0.4 is 15.4 Å². The predicted molar refractivity (Wildman–Crippen MR) is 169 cm³/mol. The summed E-state index contributed by atoms with van der Waals surface area (Å²) in [4.78, 5) is 69.4. The van der Waals surface area contributed by atoms with E-state index in [1.165, 1.54) is 17.0 Å². The fourth-order valence-electron chi connectivity index (χ4n) is 6.32. The van der Waals surface area contributed by atoms with Crippen LogP contribution in [0.25, 0.3) is 0 Å². The Morgan fingerprint density at radius 3 is 2.30 bits per heavy atom. The molecule has 0 aromatic heterocycles. The Balaban J connectivity index is 1.39. The van der Waals surface area contributed by atoms with Gasteiger partial charge in [-0.2, -0.15) is 0 Å². The summed E-state index contributed by atoms with van der Waals surface area (Å²) in [7, 11) is -4.16. The lowest BCUT2D eigenvalue weighted by Gasteiger charge is -2.35. The molecule has 1 aromatic carbocycles. The van der Waals surface area contributed by atoms with Gasteiger partial charge in [-0.3, -0.25) is 24.0 Å². The van der Waals surface area contributed by atoms with Crippen molar-refractivity contribution in [1.82, 2.24) is 25.2 Å². The lowest BCUT2D eigenvalue weighted by molar-refractivity contribution is -0.143. The van der Waals surface area contributed by atoms with E-state index in [9.17, 15) is 45.6 Å². The number of hydrogen-bond acceptors (Lipinski definition) is 9. The summed E-state index contributed by atoms with van der Waals surface area (Å²) >= 11 is 0. The Morgan fingerprint density at radius 1 is 1.06 bits per heavy atom. The fourth-order valence-corrected chi connectivity index (χ4v) is 7.69. The maximum Gasteiger partial charge on any atom is 0.410 e. The van der Waals surface area contributed by atoms with Gasteiger partial charge in [0.15, 0.2) is 0 Å². The van der Waals surface area contributed by atoms with Crippen LogP contribution in [0.1, 0.15) is 71.4 Å². The molecule has 5 amide bonds. The Labute approximate surface area is 287 Å². The van der Waals surface area contributed by atoms with E-state index in [-0.39, 0.29) is 26.1 Å². The summed E-state index contributed by atoms with van der Waals surface area (Å²) in [5, 5.41) is 3.98. The van der Waals surface area contributed by atoms with E-state index >= 15 is 0 Å². The zero-order valence-corrected chi connectivity index (χ0v) is 29.2. The smallest absolute Gasteiger partial charge is 0.410 e. The van der Waals surface area contributed by atoms with Crippen molar-refractivity contribution in [2.75, 3.05) is 6.54 Å². The molecule has 4 aliphatic rings. The van der Waals surface area contributed by atoms with E-state index in [0.717, 1.165) is 4.90 Å². The minimum absolute atomic E-state index is 0.0512. The third-order valence-corrected chi connectivity index (χ3v) is 11.1. The molecule has 1 aromatic rings. The molecule has 18 heteroatoms. The van der Waals surface area contributed by atoms with Crippen molar-refractivity contribution >= 4 is 39.9 Å². The summed E-state index contributed by atoms with van der Waals surface area (Å²) in [6, 6.07) is 1.66. The number of halogens is 3. The number of fused-ring (bicyclic) bond motifs is 1. The van der Waals surface area contributed by atoms with Crippen LogP contribution in [0.3, 0.4) is 0 Å². The van der Waals surface area contributed by atoms with E-state index in [4.69, 9.17) is 9.47 Å². The molecule has 0 radical (unpaired) electrons. The summed E-state index contributed by atoms with van der Waals surface area (Å²) in [5.41, 5.74) is -2.32. The van der Waals surface area contributed by atoms with Gasteiger partial charge in [0.25, 0.3) is 5.91 Å². The van der Waals surface area contributed by atoms with Crippen LogP contribution in [0.2, 0.25) is 0 Å². The average molecular weight is 730 g/mol. The first-order valence-corrected chi connectivity index (χ1v) is 17.9. The molecular weight excluding hydrogens is 687 g/mol. The van der Waals surface area contributed by atoms with Gasteiger partial charge < -0.3 is 25.0 Å². The first kappa shape index (κ1) is 37.2. The number of alkyl halides is 2. The number of carbonyl (C=O) groups excluding carboxylic acids is 5. The number of benzene rings is 1. The molecule has 0 spiro atoms. The highest BCUT2D eigenvalue weighted by atomic mass is 32.2. The second-order valence-electron chi connectivity index (χ2n) is 14.7. The number of nitrogens with one attached hydrogen (secondary N) is 3. The van der Waals surface area contributed by atoms with Crippen molar-refractivity contribution in [1.29, 1.82) is 0 Å². The number of rotatable bonds is 10. The SMILES string of the molecule is CC(C)OC(=O)N[C@H](C(=O)N1C[C@H](OC(=O)N2Cc3cccc(F)c3C2)CC1C(=O)N[C@@]1(C(=O)NS(=O)(=O)C2CC2)C[C@H]1C(F)F)C(C)(C)C. The molecule has 3 N–H and O–H groups in total. The highest BCUT2D eigenvalue weighted by molar-refractivity contribution is 7.91. The first-order chi connectivity index (χ1) is 23.2. The molecule has 5 atom stereocenters. The normalized spacial score (nSPS) is 25.2. The van der Waals surface area contributed by atoms with E-state index < -0.39 is 105 Å². The lowest BCUT2D eigenvalue weighted by atomic mass is 9.85. The van der Waals surface area contributed by atoms with E-state index in [2.05, 4.69) is 10.6 Å². The Bertz CT molecular complexity index is 1670. The highest BCUT2D eigenvalue weighted by Gasteiger charge is 2.67. The third kappa shape index (κ3) is 7.78. The monoisotopic (exact) mass is 729 g/mol. The number of carbonyl (C=O) groups is 5. The van der Waals surface area contributed by atoms with Crippen molar-refractivity contribution in [3.63, 3.8) is 0 Å². The van der Waals surface area contributed by atoms with E-state index in [1.54, 1.807) is 40.7 Å². The number of nitrogens with zero attached hydrogens (tertiary/aromatic N) is 2. The minimum atomic E-state index is -4.16. The summed E-state index contributed by atoms with van der Waals surface area (Å²) < 4.78 is 79.9. The zero-order valence-electron chi connectivity index (χ0n) is 28.3. The Morgan fingerprint density at radius 2 is 1.74 bits per heavy atom. The predicted octanol–water partition coefficient (Wildman–Crippen LogP) is 2.55. The van der Waals surface area contributed by atoms with Gasteiger partial charge >= 0.3 is 12.2 Å². The lowest BCUT2D eigenvalue weighted by Crippen LogP contribution is -2.60. The van der Waals surface area contributed by atoms with Gasteiger partial charge in [-0.15, -0.1) is 0 Å². The molecule has 2 aliphatic heterocycles. The molecule has 2 aliphatic carbocycles. The van der Waals surface area contributed by atoms with Crippen molar-refractivity contribution in [2.24, 2.45) is 11.3 Å². The van der Waals surface area contributed by atoms with Crippen molar-refractivity contribution < 1.29 is 55.0 Å². The molecule has 3 fully saturated rings. The van der Waals surface area contributed by atoms with Crippen LogP contribution in [0.5, 0.6) is 0 Å². The number of hydrogen-bond donors (Lipinski definition) is 3. The molecule has 1 unspecified atom stereocenters. The van der Waals surface area contributed by atoms with Crippen LogP contribution in [-0.2, 0) is 47.0 Å². The molecule has 2 saturated carbocycles. The maximum atomic E-state index is 14.3. The van der Waals surface area contributed by atoms with E-state index in [0.29, 0.717) is 24.0 Å². The number of alkyl carbamates (subject to hydrolysis) is 1. The van der Waals surface area contributed by atoms with Gasteiger partial charge in [-0.25, -0.2) is 31.2 Å². The van der Waals surface area contributed by atoms with Crippen LogP contribution in [-0.4, -0.2) is 96.2 Å². The van der Waals surface area contributed by atoms with Crippen molar-refractivity contribution in [3.05, 3.63) is 35.1 Å². The molecule has 0 bridgehead atoms. The first-order valence-electron chi connectivity index (χ1n) is 16.4. The van der Waals surface area contributed by atoms with Crippen LogP contribution in [0, 0.1) is 17.2 Å². The van der Waals surface area contributed by atoms with Crippen LogP contribution in [0.4, 0.5) is 22.8 Å². The van der Waals surface area contributed by atoms with Crippen LogP contribution >= 0.6 is 0 Å². The summed E-state index contributed by atoms with van der Waals surface area (Å²) in [5.74, 6) is -5.36. The topological polar surface area (TPSA) is 181 Å². The quantitative estimate of drug-likeness (QED) is 0.326. The van der Waals surface area contributed by atoms with Gasteiger partial charge in [0, 0.05) is 18.5 Å². The maximum absolute atomic E-state index is 14.3. The zero-order chi connectivity index (χ0) is 36.9. The van der Waals surface area contributed by atoms with Gasteiger partial charge in [-0.05, 0) is 50.2 Å². The largest absolute Gasteiger partial charge is 0.447 e. The minimum Gasteiger partial charge on any atom is -0.447 e. The van der Waals surface area contributed by atoms with Gasteiger partial charge in [0.05, 0.1) is 30.4 Å². The fraction of sp³-hybridized carbons (Fsp3) is 0.656. The molecule has 5 rings (SSSR count). The molecule has 14 nitrogen and oxygen atoms in total. The molecule has 2 heterocycles. The van der Waals surface area contributed by atoms with Gasteiger partial charge in [-0.1, -0.05) is 32.9 Å². The standard InChI is InChI=1S/C32H42F3N5O9S/c1-16(2)48-29(44)36-24(31(3,4)5)27(42)40-14-18(49-30(45)39-13-17-7-6-8-22(33)20(17)15-39)11-23(40)26(41)37-32(12-21(32)25(34)35)28(43)38-50(46,47)19-9-10-19/h6-8,16,18-19,21,23-25H,9-15H2,1-5H3,(H,36,44)(H,37,41)(H,38,43)/t18-,21+,23?,24-,32+/m1/s1. The summed E-state index contributed by atoms with van der Waals surface area (Å²) in [6.07, 6.45) is -6.80. The van der Waals surface area contributed by atoms with Gasteiger partial charge in [0.2, 0.25) is 28.3 Å². The number of likely N-dealkylation sites (tertiary alicyclic amines) is 1. The third-order valence-electron chi connectivity index (χ3n) is 9.29. The van der Waals surface area contributed by atoms with Crippen LogP contribution in [0.15, 0.2) is 18.2 Å². The average Bonchev–Trinajstić information content (AvgIpc) is 3.90. The van der Waals surface area contributed by atoms with E-state index in [1.807, 2.05) is 4.72 Å². The highest BCUT2D eigenvalue weighted by Crippen LogP contribution is 2.48. The molecule has 276 valence electrons. The second kappa shape index (κ2) is 13.6. The Kier molecular flexibility index (Phi) is 10.1. The molecule has 50 heavy (non-hydrogen) atoms. The Hall–Kier alpha value is -4.09. The van der Waals surface area contributed by atoms with Crippen molar-refractivity contribution in [2.45, 2.75) is 115 Å². The second-order valence-corrected chi connectivity index (χ2v) is 16.6. The summed E-state index contributed by atoms with van der Waals surface area (Å²) in [6.45, 7) is 7.76. The number of sulfonamides is 1. The van der Waals surface area contributed by atoms with Crippen molar-refractivity contribution in [3.8, 4) is 0 Å². The number of amides is 5. The number of ether oxygens (including phenoxy) is 2. The van der Waals surface area contributed by atoms with Gasteiger partial charge in [0.1, 0.15) is 29.5 Å². The molecule has 1 saturated heterocycles.